The molecule has 0 aromatic carbocycles. The third-order valence-electron chi connectivity index (χ3n) is 9.39. The lowest BCUT2D eigenvalue weighted by Gasteiger charge is -2.20. The minimum absolute atomic E-state index is 0.0563. The minimum atomic E-state index is -0.0563. The maximum atomic E-state index is 11.2. The molecule has 3 nitrogen and oxygen atoms in total. The van der Waals surface area contributed by atoms with Gasteiger partial charge in [0.15, 0.2) is 0 Å². The fourth-order valence-electron chi connectivity index (χ4n) is 6.62. The second kappa shape index (κ2) is 26.3. The molecule has 0 N–H and O–H groups in total. The van der Waals surface area contributed by atoms with Gasteiger partial charge in [-0.05, 0) is 57.7 Å². The molecule has 0 aromatic heterocycles. The summed E-state index contributed by atoms with van der Waals surface area (Å²) in [6.45, 7) is 3.56. The lowest BCUT2D eigenvalue weighted by molar-refractivity contribution is -0.140. The molecular formula is C36H71NO2. The molecule has 0 spiro atoms. The van der Waals surface area contributed by atoms with Gasteiger partial charge in [-0.3, -0.25) is 4.79 Å². The zero-order chi connectivity index (χ0) is 28.4. The van der Waals surface area contributed by atoms with Gasteiger partial charge < -0.3 is 9.64 Å². The number of unbranched alkanes of at least 4 members (excludes halogenated alkanes) is 20. The predicted octanol–water partition coefficient (Wildman–Crippen LogP) is 11.1. The zero-order valence-corrected chi connectivity index (χ0v) is 27.3. The minimum Gasteiger partial charge on any atom is -0.469 e. The molecule has 0 aromatic rings. The molecule has 3 atom stereocenters. The molecule has 1 saturated carbocycles. The molecule has 39 heavy (non-hydrogen) atoms. The molecule has 0 amide bonds. The van der Waals surface area contributed by atoms with Crippen molar-refractivity contribution in [2.75, 3.05) is 27.7 Å². The van der Waals surface area contributed by atoms with Gasteiger partial charge in [-0.25, -0.2) is 0 Å². The van der Waals surface area contributed by atoms with Crippen molar-refractivity contribution in [2.24, 2.45) is 17.8 Å². The molecule has 0 bridgehead atoms. The van der Waals surface area contributed by atoms with Crippen molar-refractivity contribution >= 4 is 5.97 Å². The number of carbonyl (C=O) groups is 1. The van der Waals surface area contributed by atoms with E-state index in [1.54, 1.807) is 0 Å². The molecule has 0 saturated heterocycles. The molecule has 1 aliphatic carbocycles. The van der Waals surface area contributed by atoms with Crippen LogP contribution in [0.4, 0.5) is 0 Å². The average Bonchev–Trinajstić information content (AvgIpc) is 3.70. The molecule has 1 aliphatic rings. The zero-order valence-electron chi connectivity index (χ0n) is 27.3. The monoisotopic (exact) mass is 550 g/mol. The van der Waals surface area contributed by atoms with E-state index in [9.17, 15) is 4.79 Å². The van der Waals surface area contributed by atoms with Gasteiger partial charge in [-0.2, -0.15) is 0 Å². The maximum Gasteiger partial charge on any atom is 0.305 e. The fourth-order valence-corrected chi connectivity index (χ4v) is 6.62. The Kier molecular flexibility index (Phi) is 24.6. The summed E-state index contributed by atoms with van der Waals surface area (Å²) < 4.78 is 4.73. The standard InChI is InChI=1S/C36H71NO2/c1-5-6-7-8-9-10-11-12-13-14-15-16-17-18-19-21-24-27-33(30-31-37(2)3)35-32-34(35)28-25-22-20-23-26-29-36(38)39-4/h33-35H,5-32H2,1-4H3. The largest absolute Gasteiger partial charge is 0.469 e. The van der Waals surface area contributed by atoms with Crippen LogP contribution in [0.3, 0.4) is 0 Å². The second-order valence-electron chi connectivity index (χ2n) is 13.3. The van der Waals surface area contributed by atoms with Crippen LogP contribution in [0.15, 0.2) is 0 Å². The third-order valence-corrected chi connectivity index (χ3v) is 9.39. The highest BCUT2D eigenvalue weighted by molar-refractivity contribution is 5.68. The number of methoxy groups -OCH3 is 1. The van der Waals surface area contributed by atoms with Crippen molar-refractivity contribution in [3.8, 4) is 0 Å². The molecule has 0 heterocycles. The van der Waals surface area contributed by atoms with E-state index in [1.807, 2.05) is 0 Å². The quantitative estimate of drug-likeness (QED) is 0.0659. The first-order valence-corrected chi connectivity index (χ1v) is 17.8. The van der Waals surface area contributed by atoms with E-state index in [4.69, 9.17) is 4.74 Å². The van der Waals surface area contributed by atoms with Gasteiger partial charge in [0, 0.05) is 6.42 Å². The number of ether oxygens (including phenoxy) is 1. The molecule has 1 rings (SSSR count). The van der Waals surface area contributed by atoms with Crippen molar-refractivity contribution in [3.63, 3.8) is 0 Å². The normalized spacial score (nSPS) is 17.6. The van der Waals surface area contributed by atoms with Crippen LogP contribution in [0.5, 0.6) is 0 Å². The fraction of sp³-hybridized carbons (Fsp3) is 0.972. The molecule has 0 aliphatic heterocycles. The number of hydrogen-bond donors (Lipinski definition) is 0. The van der Waals surface area contributed by atoms with Gasteiger partial charge in [0.2, 0.25) is 0 Å². The van der Waals surface area contributed by atoms with E-state index in [0.717, 1.165) is 24.2 Å². The number of rotatable bonds is 30. The van der Waals surface area contributed by atoms with E-state index < -0.39 is 0 Å². The molecule has 232 valence electrons. The van der Waals surface area contributed by atoms with Gasteiger partial charge in [0.1, 0.15) is 0 Å². The van der Waals surface area contributed by atoms with Gasteiger partial charge in [-0.1, -0.05) is 155 Å². The Hall–Kier alpha value is -0.570. The summed E-state index contributed by atoms with van der Waals surface area (Å²) in [5.74, 6) is 2.94. The highest BCUT2D eigenvalue weighted by Crippen LogP contribution is 2.50. The van der Waals surface area contributed by atoms with Gasteiger partial charge in [0.05, 0.1) is 7.11 Å². The molecule has 1 fully saturated rings. The predicted molar refractivity (Wildman–Crippen MR) is 171 cm³/mol. The van der Waals surface area contributed by atoms with E-state index in [1.165, 1.54) is 174 Å². The number of nitrogens with zero attached hydrogens (tertiary/aromatic N) is 1. The SMILES string of the molecule is CCCCCCCCCCCCCCCCCCCC(CCN(C)C)C1CC1CCCCCCCC(=O)OC. The summed E-state index contributed by atoms with van der Waals surface area (Å²) in [5.41, 5.74) is 0. The number of hydrogen-bond acceptors (Lipinski definition) is 3. The highest BCUT2D eigenvalue weighted by Gasteiger charge is 2.41. The third kappa shape index (κ3) is 22.8. The summed E-state index contributed by atoms with van der Waals surface area (Å²) in [7, 11) is 5.95. The van der Waals surface area contributed by atoms with Crippen molar-refractivity contribution in [3.05, 3.63) is 0 Å². The topological polar surface area (TPSA) is 29.5 Å². The van der Waals surface area contributed by atoms with Crippen LogP contribution in [0.2, 0.25) is 0 Å². The summed E-state index contributed by atoms with van der Waals surface area (Å²) in [5, 5.41) is 0. The summed E-state index contributed by atoms with van der Waals surface area (Å²) in [4.78, 5) is 13.6. The van der Waals surface area contributed by atoms with Gasteiger partial charge in [0.25, 0.3) is 0 Å². The Morgan fingerprint density at radius 2 is 1.13 bits per heavy atom. The van der Waals surface area contributed by atoms with Crippen LogP contribution in [-0.2, 0) is 9.53 Å². The molecule has 3 heteroatoms. The molecular weight excluding hydrogens is 478 g/mol. The van der Waals surface area contributed by atoms with Crippen LogP contribution in [0.25, 0.3) is 0 Å². The first-order chi connectivity index (χ1) is 19.1. The Labute approximate surface area is 246 Å². The maximum absolute atomic E-state index is 11.2. The molecule has 0 radical (unpaired) electrons. The first kappa shape index (κ1) is 36.5. The van der Waals surface area contributed by atoms with Crippen molar-refractivity contribution in [1.82, 2.24) is 4.90 Å². The smallest absolute Gasteiger partial charge is 0.305 e. The number of esters is 1. The summed E-state index contributed by atoms with van der Waals surface area (Å²) >= 11 is 0. The lowest BCUT2D eigenvalue weighted by Crippen LogP contribution is -2.18. The Morgan fingerprint density at radius 1 is 0.667 bits per heavy atom. The Balaban J connectivity index is 1.97. The van der Waals surface area contributed by atoms with E-state index in [0.29, 0.717) is 6.42 Å². The van der Waals surface area contributed by atoms with E-state index in [2.05, 4.69) is 25.9 Å². The van der Waals surface area contributed by atoms with Crippen LogP contribution < -0.4 is 0 Å². The Morgan fingerprint density at radius 3 is 1.62 bits per heavy atom. The summed E-state index contributed by atoms with van der Waals surface area (Å²) in [6, 6.07) is 0. The van der Waals surface area contributed by atoms with E-state index in [-0.39, 0.29) is 5.97 Å². The van der Waals surface area contributed by atoms with Crippen molar-refractivity contribution < 1.29 is 9.53 Å². The lowest BCUT2D eigenvalue weighted by atomic mass is 9.90. The van der Waals surface area contributed by atoms with E-state index >= 15 is 0 Å². The van der Waals surface area contributed by atoms with Crippen LogP contribution in [0, 0.1) is 17.8 Å². The van der Waals surface area contributed by atoms with Gasteiger partial charge in [-0.15, -0.1) is 0 Å². The Bertz CT molecular complexity index is 534. The van der Waals surface area contributed by atoms with Crippen molar-refractivity contribution in [1.29, 1.82) is 0 Å². The second-order valence-corrected chi connectivity index (χ2v) is 13.3. The van der Waals surface area contributed by atoms with Crippen LogP contribution in [-0.4, -0.2) is 38.6 Å². The van der Waals surface area contributed by atoms with Crippen molar-refractivity contribution in [2.45, 2.75) is 180 Å². The van der Waals surface area contributed by atoms with Gasteiger partial charge >= 0.3 is 5.97 Å². The van der Waals surface area contributed by atoms with Crippen LogP contribution in [0.1, 0.15) is 180 Å². The molecule has 3 unspecified atom stereocenters. The average molecular weight is 550 g/mol. The summed E-state index contributed by atoms with van der Waals surface area (Å²) in [6.07, 6.45) is 37.4. The first-order valence-electron chi connectivity index (χ1n) is 17.8. The highest BCUT2D eigenvalue weighted by atomic mass is 16.5. The van der Waals surface area contributed by atoms with Crippen LogP contribution >= 0.6 is 0 Å². The number of carbonyl (C=O) groups excluding carboxylic acids is 1.